The average Bonchev–Trinajstić information content (AvgIpc) is 2.66. The maximum absolute atomic E-state index is 11.9. The van der Waals surface area contributed by atoms with Gasteiger partial charge in [0.05, 0.1) is 12.7 Å². The zero-order valence-corrected chi connectivity index (χ0v) is 14.2. The number of ether oxygens (including phenoxy) is 1. The van der Waals surface area contributed by atoms with E-state index in [0.717, 1.165) is 5.92 Å². The summed E-state index contributed by atoms with van der Waals surface area (Å²) in [5, 5.41) is 12.0. The van der Waals surface area contributed by atoms with Gasteiger partial charge in [0, 0.05) is 52.2 Å². The Bertz CT molecular complexity index is 480. The van der Waals surface area contributed by atoms with E-state index in [1.165, 1.54) is 4.57 Å². The molecule has 3 atom stereocenters. The summed E-state index contributed by atoms with van der Waals surface area (Å²) in [6.07, 6.45) is 0.955. The molecule has 1 aromatic rings. The molecule has 0 saturated carbocycles. The van der Waals surface area contributed by atoms with Crippen molar-refractivity contribution in [1.82, 2.24) is 9.55 Å². The van der Waals surface area contributed by atoms with E-state index >= 15 is 0 Å². The summed E-state index contributed by atoms with van der Waals surface area (Å²) in [7, 11) is 1.71. The average molecular weight is 341 g/mol. The van der Waals surface area contributed by atoms with Gasteiger partial charge >= 0.3 is 5.69 Å². The first-order valence-corrected chi connectivity index (χ1v) is 5.95. The number of hydrogen-bond donors (Lipinski definition) is 2. The number of anilines is 1. The fourth-order valence-electron chi connectivity index (χ4n) is 2.13. The fourth-order valence-corrected chi connectivity index (χ4v) is 2.13. The standard InChI is InChI=1S/C12H18N3O3.Y/c1-7-8(2)11(18-9(7)6-16)15-5-4-10(13-3)14-12(15)17;/h4-5,7,9,11,16H,6H2,1-3H3,(H,13,14,17);/q-1;/t7-,9+,11+;/m0./s1. The third-order valence-corrected chi connectivity index (χ3v) is 3.49. The van der Waals surface area contributed by atoms with Gasteiger partial charge in [-0.2, -0.15) is 11.9 Å². The summed E-state index contributed by atoms with van der Waals surface area (Å²) in [5.41, 5.74) is -0.364. The largest absolute Gasteiger partial charge is 0.394 e. The molecule has 0 amide bonds. The van der Waals surface area contributed by atoms with Gasteiger partial charge in [0.2, 0.25) is 0 Å². The molecular weight excluding hydrogens is 323 g/mol. The van der Waals surface area contributed by atoms with E-state index in [1.54, 1.807) is 19.3 Å². The Labute approximate surface area is 137 Å². The predicted molar refractivity (Wildman–Crippen MR) is 67.1 cm³/mol. The molecule has 0 bridgehead atoms. The van der Waals surface area contributed by atoms with Crippen molar-refractivity contribution in [2.24, 2.45) is 5.92 Å². The van der Waals surface area contributed by atoms with E-state index in [-0.39, 0.29) is 57.0 Å². The Balaban J connectivity index is 0.00000180. The van der Waals surface area contributed by atoms with Crippen LogP contribution in [-0.2, 0) is 37.4 Å². The first-order valence-electron chi connectivity index (χ1n) is 5.95. The number of aliphatic hydroxyl groups excluding tert-OH is 1. The summed E-state index contributed by atoms with van der Waals surface area (Å²) < 4.78 is 7.14. The van der Waals surface area contributed by atoms with Crippen molar-refractivity contribution in [1.29, 1.82) is 0 Å². The number of hydrogen-bond acceptors (Lipinski definition) is 5. The number of aromatic nitrogens is 2. The minimum atomic E-state index is -0.442. The van der Waals surface area contributed by atoms with Crippen LogP contribution in [0.3, 0.4) is 0 Å². The summed E-state index contributed by atoms with van der Waals surface area (Å²) in [6, 6.07) is 1.72. The van der Waals surface area contributed by atoms with Crippen LogP contribution in [0.4, 0.5) is 5.82 Å². The topological polar surface area (TPSA) is 76.4 Å². The zero-order chi connectivity index (χ0) is 13.3. The summed E-state index contributed by atoms with van der Waals surface area (Å²) in [6.45, 7) is 3.87. The number of nitrogens with zero attached hydrogens (tertiary/aromatic N) is 2. The molecule has 1 saturated heterocycles. The second-order valence-corrected chi connectivity index (χ2v) is 4.49. The van der Waals surface area contributed by atoms with Crippen molar-refractivity contribution in [3.05, 3.63) is 28.7 Å². The minimum absolute atomic E-state index is 0. The van der Waals surface area contributed by atoms with Gasteiger partial charge in [0.15, 0.2) is 0 Å². The molecule has 1 aliphatic rings. The molecular formula is C12H18N3O3Y-. The molecule has 0 aliphatic carbocycles. The SMILES string of the molecule is CNc1ccn([C@@H]2O[C@H](CO)[C@@H](C)[C-]2C)c(=O)n1.[Y]. The Morgan fingerprint density at radius 2 is 2.32 bits per heavy atom. The van der Waals surface area contributed by atoms with Gasteiger partial charge in [-0.05, 0) is 6.07 Å². The van der Waals surface area contributed by atoms with Crippen LogP contribution in [0.2, 0.25) is 0 Å². The molecule has 6 nitrogen and oxygen atoms in total. The van der Waals surface area contributed by atoms with Crippen molar-refractivity contribution in [3.8, 4) is 0 Å². The van der Waals surface area contributed by atoms with Gasteiger partial charge in [-0.15, -0.1) is 5.92 Å². The number of aliphatic hydroxyl groups is 1. The third kappa shape index (κ3) is 3.24. The van der Waals surface area contributed by atoms with Crippen LogP contribution >= 0.6 is 0 Å². The van der Waals surface area contributed by atoms with Crippen molar-refractivity contribution in [2.75, 3.05) is 19.0 Å². The van der Waals surface area contributed by atoms with Crippen molar-refractivity contribution < 1.29 is 42.6 Å². The van der Waals surface area contributed by atoms with Crippen LogP contribution in [0, 0.1) is 11.8 Å². The quantitative estimate of drug-likeness (QED) is 0.779. The molecule has 1 aliphatic heterocycles. The van der Waals surface area contributed by atoms with Crippen LogP contribution in [0.25, 0.3) is 0 Å². The molecule has 0 aromatic carbocycles. The van der Waals surface area contributed by atoms with E-state index in [9.17, 15) is 9.90 Å². The van der Waals surface area contributed by atoms with E-state index in [4.69, 9.17) is 4.74 Å². The monoisotopic (exact) mass is 341 g/mol. The summed E-state index contributed by atoms with van der Waals surface area (Å²) >= 11 is 0. The molecule has 0 unspecified atom stereocenters. The smallest absolute Gasteiger partial charge is 0.349 e. The van der Waals surface area contributed by atoms with Crippen LogP contribution in [0.15, 0.2) is 17.1 Å². The second kappa shape index (κ2) is 6.93. The van der Waals surface area contributed by atoms with Crippen LogP contribution in [-0.4, -0.2) is 34.4 Å². The summed E-state index contributed by atoms with van der Waals surface area (Å²) in [5.74, 6) is 1.67. The second-order valence-electron chi connectivity index (χ2n) is 4.49. The Hall–Kier alpha value is -0.296. The van der Waals surface area contributed by atoms with Crippen molar-refractivity contribution in [2.45, 2.75) is 26.2 Å². The maximum Gasteiger partial charge on any atom is 0.349 e. The van der Waals surface area contributed by atoms with E-state index in [2.05, 4.69) is 10.3 Å². The minimum Gasteiger partial charge on any atom is -0.394 e. The predicted octanol–water partition coefficient (Wildman–Crippen LogP) is 0.403. The molecule has 0 spiro atoms. The van der Waals surface area contributed by atoms with Gasteiger partial charge in [0.25, 0.3) is 0 Å². The molecule has 1 fully saturated rings. The molecule has 7 heteroatoms. The summed E-state index contributed by atoms with van der Waals surface area (Å²) in [4.78, 5) is 15.8. The van der Waals surface area contributed by atoms with Crippen LogP contribution in [0.1, 0.15) is 20.1 Å². The normalized spacial score (nSPS) is 27.1. The molecule has 2 rings (SSSR count). The van der Waals surface area contributed by atoms with E-state index in [0.29, 0.717) is 5.82 Å². The van der Waals surface area contributed by atoms with Gasteiger partial charge in [-0.25, -0.2) is 4.79 Å². The molecule has 103 valence electrons. The van der Waals surface area contributed by atoms with Crippen LogP contribution in [0.5, 0.6) is 0 Å². The zero-order valence-electron chi connectivity index (χ0n) is 11.3. The van der Waals surface area contributed by atoms with Crippen LogP contribution < -0.4 is 11.0 Å². The Morgan fingerprint density at radius 1 is 1.63 bits per heavy atom. The first kappa shape index (κ1) is 16.8. The number of nitrogens with one attached hydrogen (secondary N) is 1. The number of rotatable bonds is 3. The molecule has 2 N–H and O–H groups in total. The molecule has 19 heavy (non-hydrogen) atoms. The first-order chi connectivity index (χ1) is 8.58. The fraction of sp³-hybridized carbons (Fsp3) is 0.583. The van der Waals surface area contributed by atoms with E-state index in [1.807, 2.05) is 13.8 Å². The van der Waals surface area contributed by atoms with Crippen molar-refractivity contribution in [3.63, 3.8) is 0 Å². The Kier molecular flexibility index (Phi) is 6.11. The van der Waals surface area contributed by atoms with Gasteiger partial charge in [-0.3, -0.25) is 5.92 Å². The van der Waals surface area contributed by atoms with E-state index < -0.39 is 6.23 Å². The Morgan fingerprint density at radius 3 is 2.79 bits per heavy atom. The van der Waals surface area contributed by atoms with Gasteiger partial charge in [-0.1, -0.05) is 6.92 Å². The van der Waals surface area contributed by atoms with Gasteiger partial charge in [0.1, 0.15) is 5.82 Å². The third-order valence-electron chi connectivity index (χ3n) is 3.49. The molecule has 1 radical (unpaired) electrons. The maximum atomic E-state index is 11.9. The molecule has 2 heterocycles. The molecule has 1 aromatic heterocycles. The van der Waals surface area contributed by atoms with Gasteiger partial charge < -0.3 is 19.7 Å². The van der Waals surface area contributed by atoms with Crippen molar-refractivity contribution >= 4 is 5.82 Å².